The monoisotopic (exact) mass is 226 g/mol. The molecule has 0 aliphatic carbocycles. The number of rotatable bonds is 4. The van der Waals surface area contributed by atoms with Crippen LogP contribution in [0.2, 0.25) is 0 Å². The van der Waals surface area contributed by atoms with Crippen molar-refractivity contribution in [3.63, 3.8) is 0 Å². The molecule has 84 valence electrons. The molecule has 2 heterocycles. The zero-order valence-electron chi connectivity index (χ0n) is 9.40. The first-order valence-corrected chi connectivity index (χ1v) is 6.43. The fourth-order valence-corrected chi connectivity index (χ4v) is 3.05. The van der Waals surface area contributed by atoms with Crippen LogP contribution in [0.1, 0.15) is 25.5 Å². The number of nitrogens with zero attached hydrogens (tertiary/aromatic N) is 2. The van der Waals surface area contributed by atoms with Crippen LogP contribution in [0.25, 0.3) is 0 Å². The lowest BCUT2D eigenvalue weighted by Gasteiger charge is -2.23. The second-order valence-corrected chi connectivity index (χ2v) is 4.76. The van der Waals surface area contributed by atoms with E-state index in [9.17, 15) is 0 Å². The number of thiazole rings is 1. The van der Waals surface area contributed by atoms with Gasteiger partial charge in [-0.25, -0.2) is 4.98 Å². The van der Waals surface area contributed by atoms with E-state index in [1.165, 1.54) is 23.7 Å². The van der Waals surface area contributed by atoms with Gasteiger partial charge < -0.3 is 9.64 Å². The van der Waals surface area contributed by atoms with Gasteiger partial charge in [-0.2, -0.15) is 0 Å². The Bertz CT molecular complexity index is 313. The summed E-state index contributed by atoms with van der Waals surface area (Å²) in [5, 5.41) is 3.34. The van der Waals surface area contributed by atoms with Crippen LogP contribution in [0, 0.1) is 0 Å². The number of aryl methyl sites for hydroxylation is 1. The van der Waals surface area contributed by atoms with Gasteiger partial charge in [-0.05, 0) is 19.3 Å². The number of anilines is 1. The number of hydrogen-bond acceptors (Lipinski definition) is 4. The number of methoxy groups -OCH3 is 1. The van der Waals surface area contributed by atoms with Crippen molar-refractivity contribution >= 4 is 16.5 Å². The Hall–Kier alpha value is -0.610. The summed E-state index contributed by atoms with van der Waals surface area (Å²) in [4.78, 5) is 7.03. The van der Waals surface area contributed by atoms with E-state index in [0.29, 0.717) is 6.04 Å². The van der Waals surface area contributed by atoms with Crippen molar-refractivity contribution in [3.05, 3.63) is 11.1 Å². The summed E-state index contributed by atoms with van der Waals surface area (Å²) < 4.78 is 5.25. The Morgan fingerprint density at radius 3 is 3.20 bits per heavy atom. The molecule has 0 aromatic carbocycles. The molecule has 0 unspecified atom stereocenters. The third-order valence-electron chi connectivity index (χ3n) is 2.88. The fraction of sp³-hybridized carbons (Fsp3) is 0.727. The summed E-state index contributed by atoms with van der Waals surface area (Å²) in [5.74, 6) is 0. The highest BCUT2D eigenvalue weighted by molar-refractivity contribution is 7.13. The van der Waals surface area contributed by atoms with Gasteiger partial charge in [0, 0.05) is 19.0 Å². The molecule has 1 aromatic rings. The smallest absolute Gasteiger partial charge is 0.185 e. The van der Waals surface area contributed by atoms with Crippen LogP contribution >= 0.6 is 11.3 Å². The second-order valence-electron chi connectivity index (χ2n) is 3.92. The SMILES string of the molecule is CCc1csc(N2CCC[C@H]2COC)n1. The largest absolute Gasteiger partial charge is 0.383 e. The van der Waals surface area contributed by atoms with Gasteiger partial charge in [-0.3, -0.25) is 0 Å². The normalized spacial score (nSPS) is 21.2. The Morgan fingerprint density at radius 2 is 2.53 bits per heavy atom. The third kappa shape index (κ3) is 2.32. The van der Waals surface area contributed by atoms with E-state index in [0.717, 1.165) is 19.6 Å². The summed E-state index contributed by atoms with van der Waals surface area (Å²) in [6.07, 6.45) is 3.52. The van der Waals surface area contributed by atoms with Gasteiger partial charge >= 0.3 is 0 Å². The first-order valence-electron chi connectivity index (χ1n) is 5.55. The van der Waals surface area contributed by atoms with Crippen LogP contribution in [0.3, 0.4) is 0 Å². The van der Waals surface area contributed by atoms with Crippen LogP contribution in [-0.4, -0.2) is 31.3 Å². The van der Waals surface area contributed by atoms with E-state index < -0.39 is 0 Å². The molecule has 2 rings (SSSR count). The number of aromatic nitrogens is 1. The highest BCUT2D eigenvalue weighted by Crippen LogP contribution is 2.28. The molecule has 0 N–H and O–H groups in total. The number of ether oxygens (including phenoxy) is 1. The molecule has 1 aliphatic heterocycles. The standard InChI is InChI=1S/C11H18N2OS/c1-3-9-8-15-11(12-9)13-6-4-5-10(13)7-14-2/h8,10H,3-7H2,1-2H3/t10-/m0/s1. The maximum absolute atomic E-state index is 5.25. The van der Waals surface area contributed by atoms with Crippen molar-refractivity contribution in [1.29, 1.82) is 0 Å². The van der Waals surface area contributed by atoms with Crippen LogP contribution in [-0.2, 0) is 11.2 Å². The second kappa shape index (κ2) is 4.94. The van der Waals surface area contributed by atoms with Crippen LogP contribution in [0.5, 0.6) is 0 Å². The molecule has 1 fully saturated rings. The predicted molar refractivity (Wildman–Crippen MR) is 63.7 cm³/mol. The molecule has 0 saturated carbocycles. The van der Waals surface area contributed by atoms with Gasteiger partial charge in [0.1, 0.15) is 0 Å². The minimum Gasteiger partial charge on any atom is -0.383 e. The highest BCUT2D eigenvalue weighted by atomic mass is 32.1. The molecular formula is C11H18N2OS. The minimum absolute atomic E-state index is 0.533. The molecule has 0 radical (unpaired) electrons. The fourth-order valence-electron chi connectivity index (χ4n) is 2.04. The Balaban J connectivity index is 2.08. The summed E-state index contributed by atoms with van der Waals surface area (Å²) in [6, 6.07) is 0.533. The van der Waals surface area contributed by atoms with E-state index >= 15 is 0 Å². The maximum atomic E-state index is 5.25. The average molecular weight is 226 g/mol. The molecule has 1 aromatic heterocycles. The van der Waals surface area contributed by atoms with E-state index in [2.05, 4.69) is 22.2 Å². The molecule has 1 aliphatic rings. The van der Waals surface area contributed by atoms with Gasteiger partial charge in [0.25, 0.3) is 0 Å². The van der Waals surface area contributed by atoms with Gasteiger partial charge in [0.15, 0.2) is 5.13 Å². The van der Waals surface area contributed by atoms with Crippen molar-refractivity contribution in [1.82, 2.24) is 4.98 Å². The lowest BCUT2D eigenvalue weighted by Crippen LogP contribution is -2.32. The van der Waals surface area contributed by atoms with Gasteiger partial charge in [0.05, 0.1) is 18.3 Å². The molecule has 1 saturated heterocycles. The third-order valence-corrected chi connectivity index (χ3v) is 3.81. The molecule has 15 heavy (non-hydrogen) atoms. The topological polar surface area (TPSA) is 25.4 Å². The van der Waals surface area contributed by atoms with Crippen molar-refractivity contribution in [2.24, 2.45) is 0 Å². The first kappa shape index (κ1) is 10.9. The Labute approximate surface area is 95.1 Å². The molecule has 0 amide bonds. The van der Waals surface area contributed by atoms with Crippen molar-refractivity contribution < 1.29 is 4.74 Å². The first-order chi connectivity index (χ1) is 7.35. The molecule has 1 atom stereocenters. The zero-order valence-corrected chi connectivity index (χ0v) is 10.2. The van der Waals surface area contributed by atoms with E-state index in [1.807, 2.05) is 0 Å². The summed E-state index contributed by atoms with van der Waals surface area (Å²) in [6.45, 7) is 4.10. The minimum atomic E-state index is 0.533. The van der Waals surface area contributed by atoms with Gasteiger partial charge in [-0.15, -0.1) is 11.3 Å². The molecule has 0 spiro atoms. The van der Waals surface area contributed by atoms with Crippen molar-refractivity contribution in [2.75, 3.05) is 25.2 Å². The van der Waals surface area contributed by atoms with E-state index in [-0.39, 0.29) is 0 Å². The molecule has 4 heteroatoms. The lowest BCUT2D eigenvalue weighted by molar-refractivity contribution is 0.181. The Morgan fingerprint density at radius 1 is 1.67 bits per heavy atom. The van der Waals surface area contributed by atoms with E-state index in [4.69, 9.17) is 4.74 Å². The van der Waals surface area contributed by atoms with E-state index in [1.54, 1.807) is 18.4 Å². The van der Waals surface area contributed by atoms with Crippen LogP contribution < -0.4 is 4.90 Å². The van der Waals surface area contributed by atoms with Crippen LogP contribution in [0.4, 0.5) is 5.13 Å². The van der Waals surface area contributed by atoms with Crippen LogP contribution in [0.15, 0.2) is 5.38 Å². The van der Waals surface area contributed by atoms with Crippen molar-refractivity contribution in [3.8, 4) is 0 Å². The average Bonchev–Trinajstić information content (AvgIpc) is 2.85. The maximum Gasteiger partial charge on any atom is 0.185 e. The summed E-state index contributed by atoms with van der Waals surface area (Å²) in [5.41, 5.74) is 1.21. The lowest BCUT2D eigenvalue weighted by atomic mass is 10.2. The quantitative estimate of drug-likeness (QED) is 0.788. The molecule has 3 nitrogen and oxygen atoms in total. The van der Waals surface area contributed by atoms with Crippen molar-refractivity contribution in [2.45, 2.75) is 32.2 Å². The predicted octanol–water partition coefficient (Wildman–Crippen LogP) is 2.32. The highest BCUT2D eigenvalue weighted by Gasteiger charge is 2.26. The molecular weight excluding hydrogens is 208 g/mol. The summed E-state index contributed by atoms with van der Waals surface area (Å²) in [7, 11) is 1.77. The Kier molecular flexibility index (Phi) is 3.59. The zero-order chi connectivity index (χ0) is 10.7. The van der Waals surface area contributed by atoms with Gasteiger partial charge in [-0.1, -0.05) is 6.92 Å². The molecule has 0 bridgehead atoms. The number of hydrogen-bond donors (Lipinski definition) is 0. The summed E-state index contributed by atoms with van der Waals surface area (Å²) >= 11 is 1.76. The van der Waals surface area contributed by atoms with Gasteiger partial charge in [0.2, 0.25) is 0 Å².